The zero-order valence-corrected chi connectivity index (χ0v) is 10.8. The molecule has 0 spiro atoms. The highest BCUT2D eigenvalue weighted by Crippen LogP contribution is 2.21. The summed E-state index contributed by atoms with van der Waals surface area (Å²) >= 11 is 3.41. The van der Waals surface area contributed by atoms with Crippen molar-refractivity contribution >= 4 is 15.9 Å². The Morgan fingerprint density at radius 2 is 2.00 bits per heavy atom. The van der Waals surface area contributed by atoms with Crippen LogP contribution < -0.4 is 5.43 Å². The van der Waals surface area contributed by atoms with Crippen molar-refractivity contribution in [1.29, 1.82) is 0 Å². The molecule has 1 saturated heterocycles. The van der Waals surface area contributed by atoms with E-state index < -0.39 is 0 Å². The first-order valence-corrected chi connectivity index (χ1v) is 6.51. The van der Waals surface area contributed by atoms with E-state index in [-0.39, 0.29) is 0 Å². The van der Waals surface area contributed by atoms with Crippen LogP contribution in [-0.4, -0.2) is 23.2 Å². The number of benzene rings is 1. The van der Waals surface area contributed by atoms with Gasteiger partial charge in [0, 0.05) is 29.7 Å². The molecule has 0 aromatic heterocycles. The van der Waals surface area contributed by atoms with Crippen LogP contribution in [0.2, 0.25) is 0 Å². The van der Waals surface area contributed by atoms with Gasteiger partial charge < -0.3 is 5.11 Å². The van der Waals surface area contributed by atoms with Crippen LogP contribution in [0.15, 0.2) is 22.7 Å². The van der Waals surface area contributed by atoms with Crippen molar-refractivity contribution < 1.29 is 5.11 Å². The third-order valence-corrected chi connectivity index (χ3v) is 3.38. The second-order valence-electron chi connectivity index (χ2n) is 4.16. The summed E-state index contributed by atoms with van der Waals surface area (Å²) in [5, 5.41) is 11.9. The molecule has 1 fully saturated rings. The van der Waals surface area contributed by atoms with Crippen molar-refractivity contribution in [3.05, 3.63) is 28.2 Å². The fourth-order valence-corrected chi connectivity index (χ4v) is 2.35. The molecule has 2 rings (SSSR count). The maximum atomic E-state index is 9.69. The van der Waals surface area contributed by atoms with Crippen molar-refractivity contribution in [1.82, 2.24) is 10.4 Å². The number of phenolic OH excluding ortho intramolecular Hbond substituents is 1. The molecule has 1 aromatic carbocycles. The average Bonchev–Trinajstić information content (AvgIpc) is 2.32. The predicted octanol–water partition coefficient (Wildman–Crippen LogP) is 2.65. The van der Waals surface area contributed by atoms with Gasteiger partial charge in [0.2, 0.25) is 0 Å². The average molecular weight is 285 g/mol. The minimum absolute atomic E-state index is 0.354. The van der Waals surface area contributed by atoms with Crippen molar-refractivity contribution in [2.24, 2.45) is 0 Å². The van der Waals surface area contributed by atoms with Gasteiger partial charge in [0.1, 0.15) is 5.75 Å². The van der Waals surface area contributed by atoms with Crippen molar-refractivity contribution in [3.63, 3.8) is 0 Å². The molecule has 4 heteroatoms. The van der Waals surface area contributed by atoms with E-state index in [1.807, 2.05) is 12.1 Å². The summed E-state index contributed by atoms with van der Waals surface area (Å²) < 4.78 is 1.00. The van der Waals surface area contributed by atoms with Crippen LogP contribution in [-0.2, 0) is 6.54 Å². The van der Waals surface area contributed by atoms with E-state index in [4.69, 9.17) is 0 Å². The smallest absolute Gasteiger partial charge is 0.120 e. The van der Waals surface area contributed by atoms with Crippen LogP contribution in [0, 0.1) is 0 Å². The molecule has 0 bridgehead atoms. The largest absolute Gasteiger partial charge is 0.508 e. The Kier molecular flexibility index (Phi) is 4.21. The number of nitrogens with one attached hydrogen (secondary N) is 1. The zero-order chi connectivity index (χ0) is 11.4. The number of piperidine rings is 1. The minimum atomic E-state index is 0.354. The molecular weight excluding hydrogens is 268 g/mol. The lowest BCUT2D eigenvalue weighted by Crippen LogP contribution is -2.41. The Balaban J connectivity index is 1.90. The van der Waals surface area contributed by atoms with Crippen LogP contribution in [0.25, 0.3) is 0 Å². The molecule has 1 aliphatic heterocycles. The standard InChI is InChI=1S/C12H17BrN2O/c13-11-4-5-12(16)10(8-11)9-14-15-6-2-1-3-7-15/h4-5,8,14,16H,1-3,6-7,9H2. The highest BCUT2D eigenvalue weighted by molar-refractivity contribution is 9.10. The van der Waals surface area contributed by atoms with Crippen LogP contribution in [0.4, 0.5) is 0 Å². The molecule has 2 N–H and O–H groups in total. The molecular formula is C12H17BrN2O. The van der Waals surface area contributed by atoms with Gasteiger partial charge in [0.05, 0.1) is 0 Å². The number of phenols is 1. The summed E-state index contributed by atoms with van der Waals surface area (Å²) in [7, 11) is 0. The number of halogens is 1. The van der Waals surface area contributed by atoms with Gasteiger partial charge in [-0.1, -0.05) is 22.4 Å². The normalized spacial score (nSPS) is 17.6. The number of aromatic hydroxyl groups is 1. The highest BCUT2D eigenvalue weighted by Gasteiger charge is 2.10. The lowest BCUT2D eigenvalue weighted by atomic mass is 10.1. The van der Waals surface area contributed by atoms with Gasteiger partial charge in [-0.3, -0.25) is 5.43 Å². The summed E-state index contributed by atoms with van der Waals surface area (Å²) in [6.07, 6.45) is 3.86. The van der Waals surface area contributed by atoms with Gasteiger partial charge in [-0.15, -0.1) is 0 Å². The van der Waals surface area contributed by atoms with Crippen LogP contribution >= 0.6 is 15.9 Å². The third kappa shape index (κ3) is 3.20. The first kappa shape index (κ1) is 11.9. The van der Waals surface area contributed by atoms with Gasteiger partial charge in [0.25, 0.3) is 0 Å². The van der Waals surface area contributed by atoms with Crippen molar-refractivity contribution in [2.45, 2.75) is 25.8 Å². The van der Waals surface area contributed by atoms with E-state index in [0.717, 1.165) is 23.1 Å². The van der Waals surface area contributed by atoms with Crippen LogP contribution in [0.1, 0.15) is 24.8 Å². The fraction of sp³-hybridized carbons (Fsp3) is 0.500. The Morgan fingerprint density at radius 3 is 2.75 bits per heavy atom. The summed E-state index contributed by atoms with van der Waals surface area (Å²) in [5.74, 6) is 0.354. The topological polar surface area (TPSA) is 35.5 Å². The molecule has 0 amide bonds. The van der Waals surface area contributed by atoms with Crippen LogP contribution in [0.5, 0.6) is 5.75 Å². The molecule has 1 heterocycles. The van der Waals surface area contributed by atoms with E-state index in [1.165, 1.54) is 19.3 Å². The van der Waals surface area contributed by atoms with E-state index in [0.29, 0.717) is 12.3 Å². The van der Waals surface area contributed by atoms with E-state index in [1.54, 1.807) is 6.07 Å². The highest BCUT2D eigenvalue weighted by atomic mass is 79.9. The maximum absolute atomic E-state index is 9.69. The first-order chi connectivity index (χ1) is 7.75. The molecule has 1 aliphatic rings. The number of nitrogens with zero attached hydrogens (tertiary/aromatic N) is 1. The summed E-state index contributed by atoms with van der Waals surface area (Å²) in [5.41, 5.74) is 4.29. The molecule has 0 atom stereocenters. The second kappa shape index (κ2) is 5.66. The monoisotopic (exact) mass is 284 g/mol. The van der Waals surface area contributed by atoms with Gasteiger partial charge in [-0.05, 0) is 31.0 Å². The van der Waals surface area contributed by atoms with E-state index in [9.17, 15) is 5.11 Å². The lowest BCUT2D eigenvalue weighted by Gasteiger charge is -2.27. The SMILES string of the molecule is Oc1ccc(Br)cc1CNN1CCCCC1. The number of hydrogen-bond acceptors (Lipinski definition) is 3. The number of rotatable bonds is 3. The molecule has 0 saturated carbocycles. The van der Waals surface area contributed by atoms with Gasteiger partial charge in [0.15, 0.2) is 0 Å². The van der Waals surface area contributed by atoms with Gasteiger partial charge in [-0.25, -0.2) is 5.01 Å². The molecule has 0 radical (unpaired) electrons. The molecule has 16 heavy (non-hydrogen) atoms. The fourth-order valence-electron chi connectivity index (χ4n) is 1.94. The number of hydrogen-bond donors (Lipinski definition) is 2. The predicted molar refractivity (Wildman–Crippen MR) is 68.1 cm³/mol. The Labute approximate surface area is 105 Å². The summed E-state index contributed by atoms with van der Waals surface area (Å²) in [6.45, 7) is 2.90. The Hall–Kier alpha value is -0.580. The first-order valence-electron chi connectivity index (χ1n) is 5.71. The Bertz CT molecular complexity index is 351. The third-order valence-electron chi connectivity index (χ3n) is 2.89. The number of hydrazine groups is 1. The summed E-state index contributed by atoms with van der Waals surface area (Å²) in [6, 6.07) is 5.52. The maximum Gasteiger partial charge on any atom is 0.120 e. The van der Waals surface area contributed by atoms with Crippen molar-refractivity contribution in [3.8, 4) is 5.75 Å². The van der Waals surface area contributed by atoms with Crippen LogP contribution in [0.3, 0.4) is 0 Å². The van der Waals surface area contributed by atoms with E-state index in [2.05, 4.69) is 26.4 Å². The minimum Gasteiger partial charge on any atom is -0.508 e. The summed E-state index contributed by atoms with van der Waals surface area (Å²) in [4.78, 5) is 0. The molecule has 3 nitrogen and oxygen atoms in total. The van der Waals surface area contributed by atoms with Gasteiger partial charge >= 0.3 is 0 Å². The lowest BCUT2D eigenvalue weighted by molar-refractivity contribution is 0.150. The van der Waals surface area contributed by atoms with Crippen molar-refractivity contribution in [2.75, 3.05) is 13.1 Å². The molecule has 0 aliphatic carbocycles. The van der Waals surface area contributed by atoms with Gasteiger partial charge in [-0.2, -0.15) is 0 Å². The zero-order valence-electron chi connectivity index (χ0n) is 9.25. The molecule has 0 unspecified atom stereocenters. The molecule has 1 aromatic rings. The second-order valence-corrected chi connectivity index (χ2v) is 5.07. The quantitative estimate of drug-likeness (QED) is 0.896. The Morgan fingerprint density at radius 1 is 1.25 bits per heavy atom. The van der Waals surface area contributed by atoms with E-state index >= 15 is 0 Å². The molecule has 88 valence electrons.